The third kappa shape index (κ3) is 7.24. The molecule has 0 bridgehead atoms. The lowest BCUT2D eigenvalue weighted by Crippen LogP contribution is -2.11. The van der Waals surface area contributed by atoms with E-state index in [0.717, 1.165) is 49.0 Å². The van der Waals surface area contributed by atoms with Crippen molar-refractivity contribution in [3.05, 3.63) is 97.1 Å². The highest BCUT2D eigenvalue weighted by molar-refractivity contribution is 5.83. The van der Waals surface area contributed by atoms with Gasteiger partial charge in [-0.2, -0.15) is 0 Å². The van der Waals surface area contributed by atoms with Crippen LogP contribution in [0.1, 0.15) is 36.8 Å². The van der Waals surface area contributed by atoms with Crippen molar-refractivity contribution in [3.63, 3.8) is 0 Å². The van der Waals surface area contributed by atoms with Crippen LogP contribution >= 0.6 is 0 Å². The first-order chi connectivity index (χ1) is 15.6. The molecule has 0 unspecified atom stereocenters. The van der Waals surface area contributed by atoms with E-state index in [0.29, 0.717) is 23.3 Å². The van der Waals surface area contributed by atoms with Crippen LogP contribution < -0.4 is 9.47 Å². The van der Waals surface area contributed by atoms with Crippen molar-refractivity contribution >= 4 is 24.1 Å². The largest absolute Gasteiger partial charge is 0.423 e. The Morgan fingerprint density at radius 2 is 1.00 bits per heavy atom. The highest BCUT2D eigenvalue weighted by atomic mass is 16.5. The Kier molecular flexibility index (Phi) is 8.38. The lowest BCUT2D eigenvalue weighted by atomic mass is 9.81. The summed E-state index contributed by atoms with van der Waals surface area (Å²) in [5.74, 6) is 1.29. The summed E-state index contributed by atoms with van der Waals surface area (Å²) in [7, 11) is 0. The first-order valence-corrected chi connectivity index (χ1v) is 10.8. The van der Waals surface area contributed by atoms with E-state index in [-0.39, 0.29) is 0 Å². The Balaban J connectivity index is 1.44. The molecule has 1 fully saturated rings. The second-order valence-corrected chi connectivity index (χ2v) is 7.78. The van der Waals surface area contributed by atoms with Gasteiger partial charge in [-0.15, -0.1) is 0 Å². The van der Waals surface area contributed by atoms with Crippen LogP contribution in [0.4, 0.5) is 0 Å². The molecule has 2 aromatic carbocycles. The maximum atomic E-state index is 11.2. The Hall–Kier alpha value is -3.66. The molecule has 4 heteroatoms. The monoisotopic (exact) mass is 428 g/mol. The zero-order chi connectivity index (χ0) is 22.8. The molecule has 1 aliphatic carbocycles. The summed E-state index contributed by atoms with van der Waals surface area (Å²) in [5, 5.41) is 0. The van der Waals surface area contributed by atoms with Crippen molar-refractivity contribution in [2.45, 2.75) is 25.7 Å². The zero-order valence-electron chi connectivity index (χ0n) is 18.1. The van der Waals surface area contributed by atoms with Crippen LogP contribution in [0.5, 0.6) is 11.5 Å². The van der Waals surface area contributed by atoms with Gasteiger partial charge >= 0.3 is 11.9 Å². The molecule has 3 rings (SSSR count). The summed E-state index contributed by atoms with van der Waals surface area (Å²) in [6.45, 7) is 6.79. The molecule has 1 saturated carbocycles. The molecule has 0 amide bonds. The number of allylic oxidation sites excluding steroid dienone is 2. The molecule has 0 atom stereocenters. The fraction of sp³-hybridized carbons (Fsp3) is 0.214. The molecule has 0 spiro atoms. The molecule has 0 radical (unpaired) electrons. The van der Waals surface area contributed by atoms with Crippen molar-refractivity contribution in [2.24, 2.45) is 11.8 Å². The van der Waals surface area contributed by atoms with Crippen LogP contribution in [0.3, 0.4) is 0 Å². The minimum atomic E-state index is -0.454. The summed E-state index contributed by atoms with van der Waals surface area (Å²) in [6, 6.07) is 14.9. The van der Waals surface area contributed by atoms with Crippen LogP contribution in [0.2, 0.25) is 0 Å². The summed E-state index contributed by atoms with van der Waals surface area (Å²) >= 11 is 0. The second kappa shape index (κ2) is 11.7. The van der Waals surface area contributed by atoms with Gasteiger partial charge in [0, 0.05) is 12.2 Å². The molecule has 4 nitrogen and oxygen atoms in total. The lowest BCUT2D eigenvalue weighted by molar-refractivity contribution is -0.129. The standard InChI is InChI=1S/C28H28O4/c1-3-27(29)31-25-17-13-23(14-18-25)11-9-21-5-7-22(8-6-21)10-12-24-15-19-26(20-16-24)32-28(30)4-2/h3-4,9-22H,1-2,5-8H2. The van der Waals surface area contributed by atoms with Crippen LogP contribution in [0.25, 0.3) is 12.2 Å². The van der Waals surface area contributed by atoms with Gasteiger partial charge in [-0.1, -0.05) is 61.7 Å². The molecule has 0 heterocycles. The van der Waals surface area contributed by atoms with Gasteiger partial charge in [0.15, 0.2) is 0 Å². The highest BCUT2D eigenvalue weighted by Crippen LogP contribution is 2.31. The van der Waals surface area contributed by atoms with Crippen molar-refractivity contribution in [3.8, 4) is 11.5 Å². The van der Waals surface area contributed by atoms with Gasteiger partial charge in [0.05, 0.1) is 0 Å². The van der Waals surface area contributed by atoms with Crippen molar-refractivity contribution in [1.29, 1.82) is 0 Å². The number of carbonyl (C=O) groups is 2. The van der Waals surface area contributed by atoms with Gasteiger partial charge in [-0.05, 0) is 72.9 Å². The van der Waals surface area contributed by atoms with E-state index in [1.54, 1.807) is 24.3 Å². The molecule has 1 aliphatic rings. The van der Waals surface area contributed by atoms with Crippen LogP contribution in [0, 0.1) is 11.8 Å². The Morgan fingerprint density at radius 3 is 1.31 bits per heavy atom. The number of ether oxygens (including phenoxy) is 2. The zero-order valence-corrected chi connectivity index (χ0v) is 18.1. The van der Waals surface area contributed by atoms with Gasteiger partial charge in [0.2, 0.25) is 0 Å². The Labute approximate surface area is 189 Å². The van der Waals surface area contributed by atoms with Crippen molar-refractivity contribution in [2.75, 3.05) is 0 Å². The average Bonchev–Trinajstić information content (AvgIpc) is 2.83. The van der Waals surface area contributed by atoms with Gasteiger partial charge in [0.1, 0.15) is 11.5 Å². The van der Waals surface area contributed by atoms with Gasteiger partial charge in [-0.25, -0.2) is 9.59 Å². The van der Waals surface area contributed by atoms with E-state index in [1.165, 1.54) is 0 Å². The predicted octanol–water partition coefficient (Wildman–Crippen LogP) is 6.40. The molecule has 0 aromatic heterocycles. The van der Waals surface area contributed by atoms with E-state index in [1.807, 2.05) is 24.3 Å². The third-order valence-corrected chi connectivity index (χ3v) is 5.47. The Bertz CT molecular complexity index is 905. The fourth-order valence-electron chi connectivity index (χ4n) is 3.63. The number of benzene rings is 2. The molecule has 0 aliphatic heterocycles. The van der Waals surface area contributed by atoms with Crippen LogP contribution in [-0.2, 0) is 9.59 Å². The quantitative estimate of drug-likeness (QED) is 0.277. The minimum Gasteiger partial charge on any atom is -0.423 e. The number of carbonyl (C=O) groups excluding carboxylic acids is 2. The first kappa shape index (κ1) is 23.0. The average molecular weight is 429 g/mol. The summed E-state index contributed by atoms with van der Waals surface area (Å²) in [5.41, 5.74) is 2.18. The smallest absolute Gasteiger partial charge is 0.335 e. The van der Waals surface area contributed by atoms with Crippen LogP contribution in [0.15, 0.2) is 86.0 Å². The van der Waals surface area contributed by atoms with Crippen molar-refractivity contribution in [1.82, 2.24) is 0 Å². The second-order valence-electron chi connectivity index (χ2n) is 7.78. The first-order valence-electron chi connectivity index (χ1n) is 10.8. The summed E-state index contributed by atoms with van der Waals surface area (Å²) < 4.78 is 10.2. The number of rotatable bonds is 8. The van der Waals surface area contributed by atoms with E-state index in [9.17, 15) is 9.59 Å². The number of hydrogen-bond acceptors (Lipinski definition) is 4. The van der Waals surface area contributed by atoms with E-state index >= 15 is 0 Å². The summed E-state index contributed by atoms with van der Waals surface area (Å²) in [4.78, 5) is 22.5. The molecule has 0 N–H and O–H groups in total. The number of esters is 2. The molecular weight excluding hydrogens is 400 g/mol. The molecule has 164 valence electrons. The SMILES string of the molecule is C=CC(=O)Oc1ccc(C=CC2CCC(C=Cc3ccc(OC(=O)C=C)cc3)CC2)cc1. The van der Waals surface area contributed by atoms with Gasteiger partial charge < -0.3 is 9.47 Å². The maximum Gasteiger partial charge on any atom is 0.335 e. The molecule has 2 aromatic rings. The minimum absolute atomic E-state index is 0.454. The van der Waals surface area contributed by atoms with E-state index in [4.69, 9.17) is 9.47 Å². The van der Waals surface area contributed by atoms with E-state index in [2.05, 4.69) is 37.5 Å². The highest BCUT2D eigenvalue weighted by Gasteiger charge is 2.17. The molecule has 32 heavy (non-hydrogen) atoms. The topological polar surface area (TPSA) is 52.6 Å². The lowest BCUT2D eigenvalue weighted by Gasteiger charge is -2.24. The normalized spacial score (nSPS) is 18.4. The van der Waals surface area contributed by atoms with E-state index < -0.39 is 11.9 Å². The number of hydrogen-bond donors (Lipinski definition) is 0. The maximum absolute atomic E-state index is 11.2. The third-order valence-electron chi connectivity index (χ3n) is 5.47. The molecular formula is C28H28O4. The van der Waals surface area contributed by atoms with Crippen molar-refractivity contribution < 1.29 is 19.1 Å². The fourth-order valence-corrected chi connectivity index (χ4v) is 3.63. The summed E-state index contributed by atoms with van der Waals surface area (Å²) in [6.07, 6.45) is 15.8. The van der Waals surface area contributed by atoms with Crippen LogP contribution in [-0.4, -0.2) is 11.9 Å². The van der Waals surface area contributed by atoms with Gasteiger partial charge in [0.25, 0.3) is 0 Å². The van der Waals surface area contributed by atoms with Gasteiger partial charge in [-0.3, -0.25) is 0 Å². The Morgan fingerprint density at radius 1 is 0.656 bits per heavy atom. The predicted molar refractivity (Wildman–Crippen MR) is 128 cm³/mol. The molecule has 0 saturated heterocycles.